The monoisotopic (exact) mass is 451 g/mol. The number of benzene rings is 1. The zero-order valence-electron chi connectivity index (χ0n) is 18.3. The van der Waals surface area contributed by atoms with Gasteiger partial charge in [0, 0.05) is 17.0 Å². The van der Waals surface area contributed by atoms with Gasteiger partial charge in [-0.25, -0.2) is 9.37 Å². The molecule has 2 fully saturated rings. The molecule has 2 saturated carbocycles. The Morgan fingerprint density at radius 3 is 2.50 bits per heavy atom. The van der Waals surface area contributed by atoms with E-state index in [2.05, 4.69) is 21.4 Å². The Morgan fingerprint density at radius 2 is 1.81 bits per heavy atom. The minimum absolute atomic E-state index is 0.0266. The number of nitrogens with zero attached hydrogens (tertiary/aromatic N) is 2. The van der Waals surface area contributed by atoms with Crippen molar-refractivity contribution in [2.24, 2.45) is 23.2 Å². The van der Waals surface area contributed by atoms with E-state index in [1.165, 1.54) is 11.6 Å². The molecule has 2 aliphatic rings. The van der Waals surface area contributed by atoms with Crippen LogP contribution in [0.15, 0.2) is 48.8 Å². The van der Waals surface area contributed by atoms with E-state index < -0.39 is 5.41 Å². The molecule has 1 amide bonds. The van der Waals surface area contributed by atoms with Crippen molar-refractivity contribution >= 4 is 34.1 Å². The van der Waals surface area contributed by atoms with Gasteiger partial charge in [0.25, 0.3) is 0 Å². The van der Waals surface area contributed by atoms with Crippen molar-refractivity contribution < 1.29 is 9.18 Å². The van der Waals surface area contributed by atoms with Crippen molar-refractivity contribution in [1.82, 2.24) is 9.97 Å². The summed E-state index contributed by atoms with van der Waals surface area (Å²) < 4.78 is 13.9. The van der Waals surface area contributed by atoms with Gasteiger partial charge in [0.05, 0.1) is 17.4 Å². The standard InChI is InChI=1S/C26H27ClFN3O/c1-26(2,25(32)31-20-4-6-24(27)30-14-20)18-11-15-9-17(10-16(15)12-18)21-7-8-29-23-5-3-19(28)13-22(21)23/h3-8,13-18H,9-12H2,1-2H3,(H,31,32)/t15-,16?,17?,18?/m1/s1. The average Bonchev–Trinajstić information content (AvgIpc) is 3.34. The number of rotatable bonds is 4. The van der Waals surface area contributed by atoms with E-state index in [0.717, 1.165) is 36.6 Å². The van der Waals surface area contributed by atoms with Crippen molar-refractivity contribution in [3.8, 4) is 0 Å². The van der Waals surface area contributed by atoms with Gasteiger partial charge in [0.2, 0.25) is 5.91 Å². The van der Waals surface area contributed by atoms with Gasteiger partial charge >= 0.3 is 0 Å². The van der Waals surface area contributed by atoms with E-state index in [-0.39, 0.29) is 11.7 Å². The van der Waals surface area contributed by atoms with E-state index in [9.17, 15) is 9.18 Å². The molecule has 32 heavy (non-hydrogen) atoms. The first kappa shape index (κ1) is 21.3. The molecule has 2 heterocycles. The van der Waals surface area contributed by atoms with Gasteiger partial charge in [0.1, 0.15) is 11.0 Å². The number of hydrogen-bond donors (Lipinski definition) is 1. The fourth-order valence-corrected chi connectivity index (χ4v) is 5.99. The quantitative estimate of drug-likeness (QED) is 0.454. The van der Waals surface area contributed by atoms with Crippen molar-refractivity contribution in [1.29, 1.82) is 0 Å². The van der Waals surface area contributed by atoms with E-state index >= 15 is 0 Å². The molecule has 5 rings (SSSR count). The Balaban J connectivity index is 1.28. The van der Waals surface area contributed by atoms with Crippen LogP contribution in [-0.4, -0.2) is 15.9 Å². The molecule has 0 aliphatic heterocycles. The maximum Gasteiger partial charge on any atom is 0.230 e. The van der Waals surface area contributed by atoms with Crippen LogP contribution in [0, 0.1) is 29.0 Å². The molecule has 6 heteroatoms. The zero-order chi connectivity index (χ0) is 22.5. The summed E-state index contributed by atoms with van der Waals surface area (Å²) in [5.74, 6) is 1.78. The molecule has 1 aromatic carbocycles. The highest BCUT2D eigenvalue weighted by atomic mass is 35.5. The van der Waals surface area contributed by atoms with Gasteiger partial charge in [-0.1, -0.05) is 25.4 Å². The largest absolute Gasteiger partial charge is 0.324 e. The Kier molecular flexibility index (Phi) is 5.40. The number of halogens is 2. The van der Waals surface area contributed by atoms with Crippen LogP contribution in [0.5, 0.6) is 0 Å². The molecule has 1 N–H and O–H groups in total. The third kappa shape index (κ3) is 3.88. The highest BCUT2D eigenvalue weighted by molar-refractivity contribution is 6.29. The SMILES string of the molecule is CC(C)(C(=O)Nc1ccc(Cl)nc1)C1CC2CC(c3ccnc4ccc(F)cc34)C[C@@H]2C1. The Bertz CT molecular complexity index is 1150. The molecule has 3 unspecified atom stereocenters. The Labute approximate surface area is 192 Å². The van der Waals surface area contributed by atoms with E-state index in [0.29, 0.717) is 34.5 Å². The summed E-state index contributed by atoms with van der Waals surface area (Å²) in [5.41, 5.74) is 2.27. The van der Waals surface area contributed by atoms with Crippen molar-refractivity contribution in [3.63, 3.8) is 0 Å². The Morgan fingerprint density at radius 1 is 1.06 bits per heavy atom. The van der Waals surface area contributed by atoms with Crippen molar-refractivity contribution in [2.75, 3.05) is 5.32 Å². The van der Waals surface area contributed by atoms with Crippen LogP contribution in [0.4, 0.5) is 10.1 Å². The predicted molar refractivity (Wildman–Crippen MR) is 125 cm³/mol. The molecule has 2 aromatic heterocycles. The molecule has 0 bridgehead atoms. The van der Waals surface area contributed by atoms with Gasteiger partial charge in [-0.15, -0.1) is 0 Å². The molecule has 0 radical (unpaired) electrons. The summed E-state index contributed by atoms with van der Waals surface area (Å²) in [5, 5.41) is 4.35. The van der Waals surface area contributed by atoms with Crippen LogP contribution in [0.25, 0.3) is 10.9 Å². The average molecular weight is 452 g/mol. The molecule has 3 aromatic rings. The number of carbonyl (C=O) groups is 1. The molecular formula is C26H27ClFN3O. The van der Waals surface area contributed by atoms with Crippen molar-refractivity contribution in [3.05, 3.63) is 65.3 Å². The smallest absolute Gasteiger partial charge is 0.230 e. The lowest BCUT2D eigenvalue weighted by Gasteiger charge is -2.31. The lowest BCUT2D eigenvalue weighted by molar-refractivity contribution is -0.126. The van der Waals surface area contributed by atoms with E-state index in [1.54, 1.807) is 30.5 Å². The number of fused-ring (bicyclic) bond motifs is 2. The van der Waals surface area contributed by atoms with Crippen LogP contribution in [-0.2, 0) is 4.79 Å². The second-order valence-corrected chi connectivity index (χ2v) is 10.4. The topological polar surface area (TPSA) is 54.9 Å². The van der Waals surface area contributed by atoms with Gasteiger partial charge in [-0.2, -0.15) is 0 Å². The molecule has 4 nitrogen and oxygen atoms in total. The fourth-order valence-electron chi connectivity index (χ4n) is 5.88. The summed E-state index contributed by atoms with van der Waals surface area (Å²) in [6, 6.07) is 10.4. The molecular weight excluding hydrogens is 425 g/mol. The number of hydrogen-bond acceptors (Lipinski definition) is 3. The van der Waals surface area contributed by atoms with Gasteiger partial charge < -0.3 is 5.32 Å². The highest BCUT2D eigenvalue weighted by Gasteiger charge is 2.48. The lowest BCUT2D eigenvalue weighted by Crippen LogP contribution is -2.37. The third-order valence-corrected chi connectivity index (χ3v) is 8.01. The first-order valence-electron chi connectivity index (χ1n) is 11.3. The Hall–Kier alpha value is -2.53. The summed E-state index contributed by atoms with van der Waals surface area (Å²) in [7, 11) is 0. The maximum absolute atomic E-state index is 13.9. The molecule has 0 saturated heterocycles. The molecule has 166 valence electrons. The number of carbonyl (C=O) groups excluding carboxylic acids is 1. The number of aromatic nitrogens is 2. The first-order chi connectivity index (χ1) is 15.3. The van der Waals surface area contributed by atoms with Gasteiger partial charge in [-0.3, -0.25) is 9.78 Å². The second-order valence-electron chi connectivity index (χ2n) is 9.96. The molecule has 4 atom stereocenters. The summed E-state index contributed by atoms with van der Waals surface area (Å²) in [6.45, 7) is 4.10. The van der Waals surface area contributed by atoms with Crippen molar-refractivity contribution in [2.45, 2.75) is 45.4 Å². The molecule has 0 spiro atoms. The van der Waals surface area contributed by atoms with E-state index in [4.69, 9.17) is 11.6 Å². The van der Waals surface area contributed by atoms with Crippen LogP contribution >= 0.6 is 11.6 Å². The summed E-state index contributed by atoms with van der Waals surface area (Å²) >= 11 is 5.85. The van der Waals surface area contributed by atoms with Crippen LogP contribution in [0.2, 0.25) is 5.15 Å². The lowest BCUT2D eigenvalue weighted by atomic mass is 9.75. The first-order valence-corrected chi connectivity index (χ1v) is 11.7. The molecule has 2 aliphatic carbocycles. The predicted octanol–water partition coefficient (Wildman–Crippen LogP) is 6.61. The van der Waals surface area contributed by atoms with Crippen LogP contribution in [0.1, 0.15) is 51.0 Å². The number of amides is 1. The number of anilines is 1. The van der Waals surface area contributed by atoms with Crippen LogP contribution < -0.4 is 5.32 Å². The normalized spacial score (nSPS) is 25.1. The van der Waals surface area contributed by atoms with Crippen LogP contribution in [0.3, 0.4) is 0 Å². The number of pyridine rings is 2. The second kappa shape index (κ2) is 8.11. The van der Waals surface area contributed by atoms with Gasteiger partial charge in [0.15, 0.2) is 0 Å². The third-order valence-electron chi connectivity index (χ3n) is 7.78. The van der Waals surface area contributed by atoms with E-state index in [1.807, 2.05) is 20.0 Å². The van der Waals surface area contributed by atoms with Gasteiger partial charge in [-0.05, 0) is 91.3 Å². The fraction of sp³-hybridized carbons (Fsp3) is 0.423. The summed E-state index contributed by atoms with van der Waals surface area (Å²) in [4.78, 5) is 21.5. The maximum atomic E-state index is 13.9. The highest BCUT2D eigenvalue weighted by Crippen LogP contribution is 2.56. The minimum atomic E-state index is -0.466. The number of nitrogens with one attached hydrogen (secondary N) is 1. The summed E-state index contributed by atoms with van der Waals surface area (Å²) in [6.07, 6.45) is 7.72. The zero-order valence-corrected chi connectivity index (χ0v) is 19.1. The minimum Gasteiger partial charge on any atom is -0.324 e.